The Morgan fingerprint density at radius 3 is 2.44 bits per heavy atom. The Kier molecular flexibility index (Phi) is 3.40. The fourth-order valence-electron chi connectivity index (χ4n) is 1.02. The molecule has 0 amide bonds. The van der Waals surface area contributed by atoms with Gasteiger partial charge in [0.15, 0.2) is 0 Å². The third-order valence-electron chi connectivity index (χ3n) is 1.61. The quantitative estimate of drug-likeness (QED) is 0.608. The SMILES string of the molecule is N#Cc1cnc(F)c(S(=O)(=O)Cl)c1C(F)F. The molecule has 1 rings (SSSR count). The number of alkyl halides is 2. The van der Waals surface area contributed by atoms with Crippen molar-refractivity contribution in [3.8, 4) is 6.07 Å². The normalized spacial score (nSPS) is 11.5. The van der Waals surface area contributed by atoms with Crippen LogP contribution in [0.3, 0.4) is 0 Å². The van der Waals surface area contributed by atoms with Crippen LogP contribution in [0.4, 0.5) is 13.2 Å². The molecule has 0 unspecified atom stereocenters. The number of hydrogen-bond acceptors (Lipinski definition) is 4. The fraction of sp³-hybridized carbons (Fsp3) is 0.143. The highest BCUT2D eigenvalue weighted by atomic mass is 35.7. The fourth-order valence-corrected chi connectivity index (χ4v) is 2.18. The number of rotatable bonds is 2. The maximum Gasteiger partial charge on any atom is 0.266 e. The zero-order chi connectivity index (χ0) is 12.5. The van der Waals surface area contributed by atoms with Crippen LogP contribution in [-0.2, 0) is 9.05 Å². The minimum atomic E-state index is -4.74. The van der Waals surface area contributed by atoms with E-state index in [2.05, 4.69) is 4.98 Å². The van der Waals surface area contributed by atoms with Gasteiger partial charge in [-0.15, -0.1) is 0 Å². The lowest BCUT2D eigenvalue weighted by Gasteiger charge is -2.07. The van der Waals surface area contributed by atoms with Crippen LogP contribution in [0.2, 0.25) is 0 Å². The van der Waals surface area contributed by atoms with Gasteiger partial charge >= 0.3 is 0 Å². The highest BCUT2D eigenvalue weighted by Gasteiger charge is 2.30. The molecule has 0 saturated carbocycles. The predicted molar refractivity (Wildman–Crippen MR) is 46.9 cm³/mol. The molecule has 0 spiro atoms. The molecule has 0 aliphatic carbocycles. The molecular formula is C7H2ClF3N2O2S. The number of halogens is 4. The smallest absolute Gasteiger partial charge is 0.226 e. The number of pyridine rings is 1. The third-order valence-corrected chi connectivity index (χ3v) is 2.95. The molecule has 4 nitrogen and oxygen atoms in total. The molecular weight excluding hydrogens is 269 g/mol. The van der Waals surface area contributed by atoms with Crippen molar-refractivity contribution in [3.05, 3.63) is 23.3 Å². The predicted octanol–water partition coefficient (Wildman–Crippen LogP) is 1.96. The first-order chi connectivity index (χ1) is 7.29. The van der Waals surface area contributed by atoms with Crippen molar-refractivity contribution in [2.45, 2.75) is 11.3 Å². The Morgan fingerprint density at radius 1 is 1.50 bits per heavy atom. The van der Waals surface area contributed by atoms with Gasteiger partial charge in [-0.1, -0.05) is 0 Å². The van der Waals surface area contributed by atoms with E-state index in [0.29, 0.717) is 6.20 Å². The van der Waals surface area contributed by atoms with Crippen molar-refractivity contribution in [2.75, 3.05) is 0 Å². The highest BCUT2D eigenvalue weighted by Crippen LogP contribution is 2.32. The van der Waals surface area contributed by atoms with E-state index >= 15 is 0 Å². The van der Waals surface area contributed by atoms with Crippen molar-refractivity contribution < 1.29 is 21.6 Å². The Labute approximate surface area is 92.7 Å². The van der Waals surface area contributed by atoms with Crippen molar-refractivity contribution in [1.29, 1.82) is 5.26 Å². The minimum absolute atomic E-state index is 0.516. The largest absolute Gasteiger partial charge is 0.266 e. The maximum atomic E-state index is 13.0. The van der Waals surface area contributed by atoms with Crippen molar-refractivity contribution in [2.24, 2.45) is 0 Å². The summed E-state index contributed by atoms with van der Waals surface area (Å²) in [6.45, 7) is 0. The van der Waals surface area contributed by atoms with E-state index in [1.54, 1.807) is 0 Å². The Balaban J connectivity index is 3.78. The molecule has 0 bridgehead atoms. The van der Waals surface area contributed by atoms with Crippen molar-refractivity contribution in [1.82, 2.24) is 4.98 Å². The molecule has 1 heterocycles. The number of nitriles is 1. The summed E-state index contributed by atoms with van der Waals surface area (Å²) in [6, 6.07) is 1.28. The minimum Gasteiger partial charge on any atom is -0.226 e. The maximum absolute atomic E-state index is 13.0. The number of hydrogen-bond donors (Lipinski definition) is 0. The van der Waals surface area contributed by atoms with Crippen LogP contribution >= 0.6 is 10.7 Å². The summed E-state index contributed by atoms with van der Waals surface area (Å²) >= 11 is 0. The van der Waals surface area contributed by atoms with E-state index in [-0.39, 0.29) is 0 Å². The molecule has 0 saturated heterocycles. The number of nitrogens with zero attached hydrogens (tertiary/aromatic N) is 2. The summed E-state index contributed by atoms with van der Waals surface area (Å²) in [5.74, 6) is -1.66. The zero-order valence-electron chi connectivity index (χ0n) is 7.29. The monoisotopic (exact) mass is 270 g/mol. The summed E-state index contributed by atoms with van der Waals surface area (Å²) in [6.07, 6.45) is -2.83. The van der Waals surface area contributed by atoms with Crippen LogP contribution < -0.4 is 0 Å². The van der Waals surface area contributed by atoms with Crippen LogP contribution in [0, 0.1) is 17.3 Å². The van der Waals surface area contributed by atoms with Gasteiger partial charge in [0.1, 0.15) is 11.0 Å². The van der Waals surface area contributed by atoms with E-state index in [4.69, 9.17) is 15.9 Å². The van der Waals surface area contributed by atoms with E-state index in [9.17, 15) is 21.6 Å². The number of aromatic nitrogens is 1. The van der Waals surface area contributed by atoms with E-state index in [1.807, 2.05) is 0 Å². The molecule has 0 aliphatic rings. The third kappa shape index (κ3) is 2.25. The average Bonchev–Trinajstić information content (AvgIpc) is 2.15. The standard InChI is InChI=1S/C7H2ClF3N2O2S/c8-16(14,15)5-4(6(9)10)3(1-12)2-13-7(5)11/h2,6H. The summed E-state index contributed by atoms with van der Waals surface area (Å²) in [5.41, 5.74) is -2.01. The summed E-state index contributed by atoms with van der Waals surface area (Å²) in [4.78, 5) is 1.42. The molecule has 1 aromatic rings. The van der Waals surface area contributed by atoms with Crippen LogP contribution in [0.15, 0.2) is 11.1 Å². The molecule has 0 aromatic carbocycles. The summed E-state index contributed by atoms with van der Waals surface area (Å²) in [7, 11) is 0.0533. The van der Waals surface area contributed by atoms with Gasteiger partial charge in [0.05, 0.1) is 11.1 Å². The molecule has 0 radical (unpaired) electrons. The first-order valence-corrected chi connectivity index (χ1v) is 5.91. The first-order valence-electron chi connectivity index (χ1n) is 3.60. The molecule has 16 heavy (non-hydrogen) atoms. The Hall–Kier alpha value is -1.33. The summed E-state index contributed by atoms with van der Waals surface area (Å²) < 4.78 is 59.8. The second-order valence-electron chi connectivity index (χ2n) is 2.56. The van der Waals surface area contributed by atoms with Gasteiger partial charge in [0.2, 0.25) is 5.95 Å². The lowest BCUT2D eigenvalue weighted by Crippen LogP contribution is -2.07. The molecule has 1 aromatic heterocycles. The van der Waals surface area contributed by atoms with Crippen LogP contribution in [0.1, 0.15) is 17.6 Å². The molecule has 0 aliphatic heterocycles. The molecule has 86 valence electrons. The molecule has 0 fully saturated rings. The van der Waals surface area contributed by atoms with Crippen molar-refractivity contribution in [3.63, 3.8) is 0 Å². The van der Waals surface area contributed by atoms with Gasteiger partial charge in [-0.05, 0) is 0 Å². The second kappa shape index (κ2) is 4.27. The Morgan fingerprint density at radius 2 is 2.06 bits per heavy atom. The summed E-state index contributed by atoms with van der Waals surface area (Å²) in [5, 5.41) is 8.46. The zero-order valence-corrected chi connectivity index (χ0v) is 8.86. The lowest BCUT2D eigenvalue weighted by atomic mass is 10.1. The topological polar surface area (TPSA) is 70.8 Å². The van der Waals surface area contributed by atoms with Gasteiger partial charge < -0.3 is 0 Å². The molecule has 0 N–H and O–H groups in total. The van der Waals surface area contributed by atoms with E-state index < -0.39 is 37.4 Å². The van der Waals surface area contributed by atoms with Crippen LogP contribution in [0.25, 0.3) is 0 Å². The van der Waals surface area contributed by atoms with E-state index in [0.717, 1.165) is 0 Å². The first kappa shape index (κ1) is 12.7. The van der Waals surface area contributed by atoms with Gasteiger partial charge in [0, 0.05) is 16.9 Å². The van der Waals surface area contributed by atoms with E-state index in [1.165, 1.54) is 6.07 Å². The Bertz CT molecular complexity index is 568. The lowest BCUT2D eigenvalue weighted by molar-refractivity contribution is 0.146. The highest BCUT2D eigenvalue weighted by molar-refractivity contribution is 8.13. The van der Waals surface area contributed by atoms with Crippen LogP contribution in [0.5, 0.6) is 0 Å². The van der Waals surface area contributed by atoms with Gasteiger partial charge in [0.25, 0.3) is 15.5 Å². The van der Waals surface area contributed by atoms with Gasteiger partial charge in [-0.2, -0.15) is 9.65 Å². The van der Waals surface area contributed by atoms with Gasteiger partial charge in [-0.3, -0.25) is 0 Å². The average molecular weight is 271 g/mol. The van der Waals surface area contributed by atoms with Crippen LogP contribution in [-0.4, -0.2) is 13.4 Å². The second-order valence-corrected chi connectivity index (χ2v) is 5.06. The van der Waals surface area contributed by atoms with Crippen molar-refractivity contribution >= 4 is 19.7 Å². The molecule has 9 heteroatoms. The molecule has 0 atom stereocenters. The van der Waals surface area contributed by atoms with Gasteiger partial charge in [-0.25, -0.2) is 22.2 Å².